The first-order valence-corrected chi connectivity index (χ1v) is 9.86. The van der Waals surface area contributed by atoms with Gasteiger partial charge >= 0.3 is 0 Å². The predicted octanol–water partition coefficient (Wildman–Crippen LogP) is 1.24. The van der Waals surface area contributed by atoms with Crippen molar-refractivity contribution in [2.75, 3.05) is 13.2 Å². The second-order valence-corrected chi connectivity index (χ2v) is 7.45. The lowest BCUT2D eigenvalue weighted by Crippen LogP contribution is -2.43. The lowest BCUT2D eigenvalue weighted by Gasteiger charge is -2.15. The summed E-state index contributed by atoms with van der Waals surface area (Å²) in [5.74, 6) is -0.844. The Kier molecular flexibility index (Phi) is 12.3. The summed E-state index contributed by atoms with van der Waals surface area (Å²) in [4.78, 5) is 11.8. The fraction of sp³-hybridized carbons (Fsp3) is 0.933. The van der Waals surface area contributed by atoms with Crippen LogP contribution in [0.1, 0.15) is 64.7 Å². The summed E-state index contributed by atoms with van der Waals surface area (Å²) in [5.41, 5.74) is 0. The first kappa shape index (κ1) is 22.3. The molecular formula is C15H31NO6S. The van der Waals surface area contributed by atoms with Crippen LogP contribution in [0.25, 0.3) is 0 Å². The molecule has 1 amide bonds. The van der Waals surface area contributed by atoms with E-state index in [4.69, 9.17) is 14.8 Å². The number of carbonyl (C=O) groups is 1. The minimum absolute atomic E-state index is 0.0504. The highest BCUT2D eigenvalue weighted by molar-refractivity contribution is 7.87. The van der Waals surface area contributed by atoms with Crippen LogP contribution in [0.5, 0.6) is 0 Å². The number of nitrogens with one attached hydrogen (secondary N) is 1. The molecule has 0 saturated heterocycles. The van der Waals surface area contributed by atoms with Gasteiger partial charge in [0.25, 0.3) is 10.1 Å². The summed E-state index contributed by atoms with van der Waals surface area (Å²) in [6.07, 6.45) is 7.10. The van der Waals surface area contributed by atoms with Gasteiger partial charge in [-0.25, -0.2) is 0 Å². The van der Waals surface area contributed by atoms with Gasteiger partial charge in [-0.2, -0.15) is 8.42 Å². The van der Waals surface area contributed by atoms with Crippen molar-refractivity contribution in [1.29, 1.82) is 0 Å². The molecule has 0 bridgehead atoms. The highest BCUT2D eigenvalue weighted by atomic mass is 32.2. The van der Waals surface area contributed by atoms with Crippen molar-refractivity contribution in [2.24, 2.45) is 0 Å². The van der Waals surface area contributed by atoms with E-state index in [0.29, 0.717) is 6.42 Å². The number of carbonyl (C=O) groups excluding carboxylic acids is 1. The Bertz CT molecular complexity index is 412. The quantitative estimate of drug-likeness (QED) is 0.275. The van der Waals surface area contributed by atoms with Gasteiger partial charge in [0.1, 0.15) is 0 Å². The van der Waals surface area contributed by atoms with Gasteiger partial charge in [0.2, 0.25) is 5.91 Å². The van der Waals surface area contributed by atoms with Crippen LogP contribution in [0, 0.1) is 0 Å². The third-order valence-corrected chi connectivity index (χ3v) is 4.86. The summed E-state index contributed by atoms with van der Waals surface area (Å²) >= 11 is 0. The molecule has 0 aromatic heterocycles. The largest absolute Gasteiger partial charge is 0.394 e. The van der Waals surface area contributed by atoms with Crippen LogP contribution in [-0.2, 0) is 14.9 Å². The van der Waals surface area contributed by atoms with Crippen molar-refractivity contribution in [2.45, 2.75) is 76.1 Å². The van der Waals surface area contributed by atoms with Crippen LogP contribution >= 0.6 is 0 Å². The average molecular weight is 353 g/mol. The molecule has 0 heterocycles. The van der Waals surface area contributed by atoms with Crippen LogP contribution in [0.4, 0.5) is 0 Å². The van der Waals surface area contributed by atoms with Crippen LogP contribution in [0.2, 0.25) is 0 Å². The minimum Gasteiger partial charge on any atom is -0.394 e. The van der Waals surface area contributed by atoms with Crippen molar-refractivity contribution >= 4 is 16.0 Å². The summed E-state index contributed by atoms with van der Waals surface area (Å²) in [6, 6.07) is 0. The molecule has 0 saturated carbocycles. The van der Waals surface area contributed by atoms with Gasteiger partial charge in [-0.05, 0) is 6.42 Å². The van der Waals surface area contributed by atoms with Crippen LogP contribution < -0.4 is 5.32 Å². The molecule has 2 unspecified atom stereocenters. The Balaban J connectivity index is 4.10. The molecule has 0 rings (SSSR count). The number of amides is 1. The lowest BCUT2D eigenvalue weighted by molar-refractivity contribution is -0.121. The average Bonchev–Trinajstić information content (AvgIpc) is 2.49. The number of hydrogen-bond acceptors (Lipinski definition) is 5. The molecule has 0 radical (unpaired) electrons. The normalized spacial score (nSPS) is 14.4. The van der Waals surface area contributed by atoms with E-state index in [1.165, 1.54) is 19.3 Å². The van der Waals surface area contributed by atoms with Crippen molar-refractivity contribution < 1.29 is 28.0 Å². The highest BCUT2D eigenvalue weighted by Gasteiger charge is 2.30. The van der Waals surface area contributed by atoms with E-state index in [0.717, 1.165) is 25.7 Å². The Hall–Kier alpha value is -0.700. The van der Waals surface area contributed by atoms with E-state index in [1.807, 2.05) is 0 Å². The fourth-order valence-electron chi connectivity index (χ4n) is 2.28. The summed E-state index contributed by atoms with van der Waals surface area (Å²) in [5, 5.41) is 18.5. The molecule has 0 fully saturated rings. The van der Waals surface area contributed by atoms with Crippen LogP contribution in [0.3, 0.4) is 0 Å². The Labute approximate surface area is 139 Å². The number of rotatable bonds is 14. The van der Waals surface area contributed by atoms with E-state index < -0.39 is 34.0 Å². The van der Waals surface area contributed by atoms with Crippen molar-refractivity contribution in [3.05, 3.63) is 0 Å². The van der Waals surface area contributed by atoms with E-state index >= 15 is 0 Å². The van der Waals surface area contributed by atoms with Gasteiger partial charge in [0.05, 0.1) is 12.7 Å². The van der Waals surface area contributed by atoms with Gasteiger partial charge in [-0.1, -0.05) is 58.3 Å². The summed E-state index contributed by atoms with van der Waals surface area (Å²) < 4.78 is 31.8. The zero-order chi connectivity index (χ0) is 17.7. The SMILES string of the molecule is CCCCCCCCCCC(C(=O)NCC(O)CO)S(=O)(=O)O. The molecule has 0 spiro atoms. The minimum atomic E-state index is -4.48. The zero-order valence-electron chi connectivity index (χ0n) is 13.9. The Morgan fingerprint density at radius 1 is 1.04 bits per heavy atom. The Morgan fingerprint density at radius 2 is 1.57 bits per heavy atom. The van der Waals surface area contributed by atoms with Gasteiger partial charge in [-0.15, -0.1) is 0 Å². The van der Waals surface area contributed by atoms with Crippen molar-refractivity contribution in [3.8, 4) is 0 Å². The van der Waals surface area contributed by atoms with Crippen LogP contribution in [-0.4, -0.2) is 53.6 Å². The molecule has 0 aromatic carbocycles. The van der Waals surface area contributed by atoms with E-state index in [1.54, 1.807) is 0 Å². The molecule has 4 N–H and O–H groups in total. The van der Waals surface area contributed by atoms with Gasteiger partial charge in [0.15, 0.2) is 5.25 Å². The first-order chi connectivity index (χ1) is 10.8. The molecule has 2 atom stereocenters. The molecular weight excluding hydrogens is 322 g/mol. The molecule has 7 nitrogen and oxygen atoms in total. The summed E-state index contributed by atoms with van der Waals surface area (Å²) in [6.45, 7) is 1.37. The number of unbranched alkanes of at least 4 members (excludes halogenated alkanes) is 7. The Morgan fingerprint density at radius 3 is 2.04 bits per heavy atom. The molecule has 138 valence electrons. The predicted molar refractivity (Wildman–Crippen MR) is 88.7 cm³/mol. The number of aliphatic hydroxyl groups is 2. The molecule has 0 aliphatic rings. The molecule has 0 aliphatic heterocycles. The fourth-order valence-corrected chi connectivity index (χ4v) is 3.09. The van der Waals surface area contributed by atoms with E-state index in [-0.39, 0.29) is 13.0 Å². The molecule has 8 heteroatoms. The molecule has 0 aromatic rings. The van der Waals surface area contributed by atoms with Gasteiger partial charge in [0, 0.05) is 6.54 Å². The maximum Gasteiger partial charge on any atom is 0.276 e. The van der Waals surface area contributed by atoms with E-state index in [2.05, 4.69) is 12.2 Å². The first-order valence-electron chi connectivity index (χ1n) is 8.35. The number of aliphatic hydroxyl groups excluding tert-OH is 2. The van der Waals surface area contributed by atoms with Crippen molar-refractivity contribution in [1.82, 2.24) is 5.32 Å². The topological polar surface area (TPSA) is 124 Å². The lowest BCUT2D eigenvalue weighted by atomic mass is 10.1. The van der Waals surface area contributed by atoms with E-state index in [9.17, 15) is 13.2 Å². The van der Waals surface area contributed by atoms with Gasteiger partial charge < -0.3 is 15.5 Å². The smallest absolute Gasteiger partial charge is 0.276 e. The zero-order valence-corrected chi connectivity index (χ0v) is 14.7. The molecule has 23 heavy (non-hydrogen) atoms. The second kappa shape index (κ2) is 12.7. The monoisotopic (exact) mass is 353 g/mol. The highest BCUT2D eigenvalue weighted by Crippen LogP contribution is 2.14. The summed E-state index contributed by atoms with van der Waals surface area (Å²) in [7, 11) is -4.48. The maximum absolute atomic E-state index is 11.8. The third kappa shape index (κ3) is 11.5. The number of hydrogen-bond donors (Lipinski definition) is 4. The molecule has 0 aliphatic carbocycles. The third-order valence-electron chi connectivity index (χ3n) is 3.69. The second-order valence-electron chi connectivity index (χ2n) is 5.85. The van der Waals surface area contributed by atoms with Gasteiger partial charge in [-0.3, -0.25) is 9.35 Å². The standard InChI is InChI=1S/C15H31NO6S/c1-2-3-4-5-6-7-8-9-10-14(23(20,21)22)15(19)16-11-13(18)12-17/h13-14,17-18H,2-12H2,1H3,(H,16,19)(H,20,21,22). The van der Waals surface area contributed by atoms with Crippen LogP contribution in [0.15, 0.2) is 0 Å². The van der Waals surface area contributed by atoms with Crippen molar-refractivity contribution in [3.63, 3.8) is 0 Å². The maximum atomic E-state index is 11.8.